The van der Waals surface area contributed by atoms with Gasteiger partial charge in [-0.2, -0.15) is 0 Å². The molecule has 2 N–H and O–H groups in total. The van der Waals surface area contributed by atoms with Gasteiger partial charge in [-0.3, -0.25) is 14.7 Å². The van der Waals surface area contributed by atoms with Gasteiger partial charge in [-0.25, -0.2) is 4.98 Å². The van der Waals surface area contributed by atoms with E-state index >= 15 is 0 Å². The minimum absolute atomic E-state index is 0.0190. The number of carbonyl (C=O) groups excluding carboxylic acids is 1. The molecule has 3 aromatic carbocycles. The zero-order chi connectivity index (χ0) is 19.8. The fraction of sp³-hybridized carbons (Fsp3) is 0.167. The number of carbonyl (C=O) groups is 1. The van der Waals surface area contributed by atoms with Crippen LogP contribution in [0.2, 0.25) is 0 Å². The van der Waals surface area contributed by atoms with Crippen molar-refractivity contribution in [3.63, 3.8) is 0 Å². The topological polar surface area (TPSA) is 67.2 Å². The van der Waals surface area contributed by atoms with Crippen molar-refractivity contribution in [1.29, 1.82) is 0 Å². The molecular weight excluding hydrogens is 362 g/mol. The van der Waals surface area contributed by atoms with Crippen LogP contribution in [-0.4, -0.2) is 20.6 Å². The molecule has 0 bridgehead atoms. The molecule has 0 saturated carbocycles. The number of imidazole rings is 1. The second kappa shape index (κ2) is 7.09. The number of aromatic hydroxyl groups is 1. The molecule has 0 aliphatic heterocycles. The molecule has 0 saturated heterocycles. The van der Waals surface area contributed by atoms with Crippen LogP contribution in [0.5, 0.6) is 5.75 Å². The van der Waals surface area contributed by atoms with E-state index in [1.807, 2.05) is 65.2 Å². The molecule has 4 aromatic rings. The Labute approximate surface area is 168 Å². The lowest BCUT2D eigenvalue weighted by Crippen LogP contribution is -2.17. The Bertz CT molecular complexity index is 1210. The van der Waals surface area contributed by atoms with E-state index in [0.717, 1.165) is 53.5 Å². The normalized spacial score (nSPS) is 13.2. The van der Waals surface area contributed by atoms with Gasteiger partial charge < -0.3 is 5.11 Å². The van der Waals surface area contributed by atoms with Crippen LogP contribution >= 0.6 is 0 Å². The number of hydrogen-bond donors (Lipinski definition) is 2. The smallest absolute Gasteiger partial charge is 0.261 e. The molecule has 1 aliphatic rings. The summed E-state index contributed by atoms with van der Waals surface area (Å²) in [6, 6.07) is 21.1. The van der Waals surface area contributed by atoms with Crippen LogP contribution in [-0.2, 0) is 12.8 Å². The molecule has 144 valence electrons. The van der Waals surface area contributed by atoms with Gasteiger partial charge in [0.15, 0.2) is 0 Å². The number of phenols is 1. The second-order valence-corrected chi connectivity index (χ2v) is 7.39. The fourth-order valence-electron chi connectivity index (χ4n) is 4.07. The number of aromatic nitrogens is 2. The first-order valence-electron chi connectivity index (χ1n) is 9.90. The minimum Gasteiger partial charge on any atom is -0.507 e. The predicted molar refractivity (Wildman–Crippen MR) is 114 cm³/mol. The molecule has 1 aliphatic carbocycles. The maximum atomic E-state index is 13.1. The van der Waals surface area contributed by atoms with E-state index in [0.29, 0.717) is 5.95 Å². The number of benzene rings is 3. The molecule has 5 nitrogen and oxygen atoms in total. The largest absolute Gasteiger partial charge is 0.507 e. The third-order valence-electron chi connectivity index (χ3n) is 5.51. The van der Waals surface area contributed by atoms with Crippen molar-refractivity contribution in [2.24, 2.45) is 0 Å². The molecule has 5 rings (SSSR count). The Morgan fingerprint density at radius 1 is 0.931 bits per heavy atom. The molecule has 29 heavy (non-hydrogen) atoms. The summed E-state index contributed by atoms with van der Waals surface area (Å²) in [6.07, 6.45) is 4.13. The number of phenolic OH excluding ortho intramolecular Hbond substituents is 1. The maximum Gasteiger partial charge on any atom is 0.261 e. The molecule has 0 spiro atoms. The third kappa shape index (κ3) is 3.14. The highest BCUT2D eigenvalue weighted by Gasteiger charge is 2.20. The molecule has 0 atom stereocenters. The van der Waals surface area contributed by atoms with Gasteiger partial charge in [0.2, 0.25) is 5.95 Å². The monoisotopic (exact) mass is 383 g/mol. The van der Waals surface area contributed by atoms with Crippen LogP contribution in [0.15, 0.2) is 66.7 Å². The lowest BCUT2D eigenvalue weighted by Gasteiger charge is -2.17. The number of rotatable bonds is 3. The number of para-hydroxylation sites is 3. The summed E-state index contributed by atoms with van der Waals surface area (Å²) in [5, 5.41) is 13.4. The summed E-state index contributed by atoms with van der Waals surface area (Å²) in [5.41, 5.74) is 5.19. The van der Waals surface area contributed by atoms with Crippen LogP contribution in [0.4, 0.5) is 5.95 Å². The number of anilines is 1. The minimum atomic E-state index is -0.358. The number of aryl methyl sites for hydroxylation is 2. The predicted octanol–water partition coefficient (Wildman–Crippen LogP) is 4.86. The van der Waals surface area contributed by atoms with Gasteiger partial charge >= 0.3 is 0 Å². The first kappa shape index (κ1) is 17.5. The highest BCUT2D eigenvalue weighted by molar-refractivity contribution is 6.06. The Hall–Kier alpha value is -3.60. The number of amides is 1. The van der Waals surface area contributed by atoms with E-state index in [9.17, 15) is 9.90 Å². The van der Waals surface area contributed by atoms with Crippen LogP contribution in [0.1, 0.15) is 34.3 Å². The van der Waals surface area contributed by atoms with Crippen molar-refractivity contribution in [2.45, 2.75) is 25.7 Å². The first-order chi connectivity index (χ1) is 14.2. The number of nitrogens with one attached hydrogen (secondary N) is 1. The quantitative estimate of drug-likeness (QED) is 0.531. The Morgan fingerprint density at radius 3 is 2.41 bits per heavy atom. The number of nitrogens with zero attached hydrogens (tertiary/aromatic N) is 2. The maximum absolute atomic E-state index is 13.1. The third-order valence-corrected chi connectivity index (χ3v) is 5.51. The highest BCUT2D eigenvalue weighted by Crippen LogP contribution is 2.30. The van der Waals surface area contributed by atoms with Gasteiger partial charge in [-0.15, -0.1) is 0 Å². The molecule has 1 heterocycles. The van der Waals surface area contributed by atoms with Gasteiger partial charge in [-0.1, -0.05) is 30.3 Å². The highest BCUT2D eigenvalue weighted by atomic mass is 16.3. The van der Waals surface area contributed by atoms with Gasteiger partial charge in [-0.05, 0) is 73.2 Å². The molecule has 1 amide bonds. The number of hydrogen-bond acceptors (Lipinski definition) is 3. The van der Waals surface area contributed by atoms with Crippen molar-refractivity contribution in [3.05, 3.63) is 83.4 Å². The average Bonchev–Trinajstić information content (AvgIpc) is 3.11. The van der Waals surface area contributed by atoms with Crippen LogP contribution < -0.4 is 5.32 Å². The van der Waals surface area contributed by atoms with Gasteiger partial charge in [0.05, 0.1) is 16.6 Å². The number of fused-ring (bicyclic) bond motifs is 2. The van der Waals surface area contributed by atoms with Crippen molar-refractivity contribution >= 4 is 22.9 Å². The van der Waals surface area contributed by atoms with E-state index < -0.39 is 0 Å². The van der Waals surface area contributed by atoms with E-state index in [2.05, 4.69) is 10.3 Å². The Kier molecular flexibility index (Phi) is 4.28. The standard InChI is InChI=1S/C24H21N3O2/c28-22-15-17-9-5-4-8-16(17)14-19(22)23(29)26-24-25-20-12-6-7-13-21(20)27(24)18-10-2-1-3-11-18/h1-3,6-7,10-15,28H,4-5,8-9H2,(H,25,26,29). The zero-order valence-corrected chi connectivity index (χ0v) is 15.9. The molecule has 0 radical (unpaired) electrons. The summed E-state index contributed by atoms with van der Waals surface area (Å²) in [6.45, 7) is 0. The van der Waals surface area contributed by atoms with Gasteiger partial charge in [0.1, 0.15) is 5.75 Å². The first-order valence-corrected chi connectivity index (χ1v) is 9.90. The van der Waals surface area contributed by atoms with E-state index in [-0.39, 0.29) is 17.2 Å². The second-order valence-electron chi connectivity index (χ2n) is 7.39. The lowest BCUT2D eigenvalue weighted by atomic mass is 9.90. The van der Waals surface area contributed by atoms with Gasteiger partial charge in [0, 0.05) is 5.69 Å². The molecule has 1 aromatic heterocycles. The molecular formula is C24H21N3O2. The van der Waals surface area contributed by atoms with Gasteiger partial charge in [0.25, 0.3) is 5.91 Å². The SMILES string of the molecule is O=C(Nc1nc2ccccc2n1-c1ccccc1)c1cc2c(cc1O)CCCC2. The molecule has 0 unspecified atom stereocenters. The Morgan fingerprint density at radius 2 is 1.62 bits per heavy atom. The summed E-state index contributed by atoms with van der Waals surface area (Å²) < 4.78 is 1.92. The van der Waals surface area contributed by atoms with E-state index in [1.54, 1.807) is 6.07 Å². The summed E-state index contributed by atoms with van der Waals surface area (Å²) in [5.74, 6) is 0.0911. The molecule has 0 fully saturated rings. The van der Waals surface area contributed by atoms with Crippen molar-refractivity contribution in [3.8, 4) is 11.4 Å². The van der Waals surface area contributed by atoms with Crippen molar-refractivity contribution < 1.29 is 9.90 Å². The summed E-state index contributed by atoms with van der Waals surface area (Å²) in [4.78, 5) is 17.7. The fourth-order valence-corrected chi connectivity index (χ4v) is 4.07. The average molecular weight is 383 g/mol. The van der Waals surface area contributed by atoms with Crippen LogP contribution in [0, 0.1) is 0 Å². The van der Waals surface area contributed by atoms with E-state index in [1.165, 1.54) is 0 Å². The summed E-state index contributed by atoms with van der Waals surface area (Å²) in [7, 11) is 0. The summed E-state index contributed by atoms with van der Waals surface area (Å²) >= 11 is 0. The molecule has 5 heteroatoms. The lowest BCUT2D eigenvalue weighted by molar-refractivity contribution is 0.102. The van der Waals surface area contributed by atoms with Crippen molar-refractivity contribution in [2.75, 3.05) is 5.32 Å². The van der Waals surface area contributed by atoms with Crippen LogP contribution in [0.3, 0.4) is 0 Å². The zero-order valence-electron chi connectivity index (χ0n) is 15.9. The van der Waals surface area contributed by atoms with Crippen LogP contribution in [0.25, 0.3) is 16.7 Å². The van der Waals surface area contributed by atoms with E-state index in [4.69, 9.17) is 0 Å². The van der Waals surface area contributed by atoms with Crippen molar-refractivity contribution in [1.82, 2.24) is 9.55 Å². The Balaban J connectivity index is 1.57.